The number of carbonyl (C=O) groups is 1. The largest absolute Gasteiger partial charge is 0.477 e. The maximum Gasteiger partial charge on any atom is 0.353 e. The van der Waals surface area contributed by atoms with E-state index in [4.69, 9.17) is 5.73 Å². The van der Waals surface area contributed by atoms with Gasteiger partial charge in [0.1, 0.15) is 17.3 Å². The van der Waals surface area contributed by atoms with Crippen molar-refractivity contribution in [3.8, 4) is 11.1 Å². The van der Waals surface area contributed by atoms with Crippen LogP contribution in [0.5, 0.6) is 0 Å². The van der Waals surface area contributed by atoms with Crippen molar-refractivity contribution >= 4 is 33.7 Å². The molecule has 176 valence electrons. The second-order valence-corrected chi connectivity index (χ2v) is 8.06. The van der Waals surface area contributed by atoms with Gasteiger partial charge in [0.05, 0.1) is 23.0 Å². The summed E-state index contributed by atoms with van der Waals surface area (Å²) in [6.07, 6.45) is 1.40. The second kappa shape index (κ2) is 7.90. The average molecular weight is 477 g/mol. The molecule has 35 heavy (non-hydrogen) atoms. The molecule has 0 bridgehead atoms. The van der Waals surface area contributed by atoms with Gasteiger partial charge in [0.2, 0.25) is 5.95 Å². The number of nitrogens with one attached hydrogen (secondary N) is 2. The van der Waals surface area contributed by atoms with Crippen LogP contribution in [0.25, 0.3) is 32.9 Å². The van der Waals surface area contributed by atoms with Gasteiger partial charge < -0.3 is 20.4 Å². The van der Waals surface area contributed by atoms with Crippen LogP contribution in [0.1, 0.15) is 21.6 Å². The van der Waals surface area contributed by atoms with E-state index in [1.807, 2.05) is 0 Å². The molecule has 0 saturated carbocycles. The predicted octanol–water partition coefficient (Wildman–Crippen LogP) is 3.15. The normalized spacial score (nSPS) is 11.4. The van der Waals surface area contributed by atoms with Crippen molar-refractivity contribution in [1.29, 1.82) is 0 Å². The molecule has 0 atom stereocenters. The summed E-state index contributed by atoms with van der Waals surface area (Å²) in [5.74, 6) is -2.94. The van der Waals surface area contributed by atoms with Crippen molar-refractivity contribution in [3.05, 3.63) is 91.8 Å². The highest BCUT2D eigenvalue weighted by molar-refractivity contribution is 6.08. The number of fused-ring (bicyclic) bond motifs is 2. The Balaban J connectivity index is 1.84. The Morgan fingerprint density at radius 3 is 2.60 bits per heavy atom. The Bertz CT molecular complexity index is 1800. The number of aromatic carboxylic acids is 1. The van der Waals surface area contributed by atoms with E-state index in [0.29, 0.717) is 5.39 Å². The number of nitrogen functional groups attached to an aromatic ring is 1. The monoisotopic (exact) mass is 477 g/mol. The van der Waals surface area contributed by atoms with E-state index in [9.17, 15) is 23.9 Å². The van der Waals surface area contributed by atoms with Crippen molar-refractivity contribution < 1.29 is 18.7 Å². The van der Waals surface area contributed by atoms with Crippen LogP contribution < -0.4 is 16.9 Å². The molecule has 0 unspecified atom stereocenters. The van der Waals surface area contributed by atoms with E-state index in [2.05, 4.69) is 15.0 Å². The molecule has 0 spiro atoms. The third kappa shape index (κ3) is 3.53. The number of nitrogens with two attached hydrogens (primary N) is 1. The number of carboxylic acids is 1. The smallest absolute Gasteiger partial charge is 0.353 e. The number of pyridine rings is 1. The van der Waals surface area contributed by atoms with Gasteiger partial charge in [-0.3, -0.25) is 14.6 Å². The Morgan fingerprint density at radius 2 is 1.89 bits per heavy atom. The summed E-state index contributed by atoms with van der Waals surface area (Å²) >= 11 is 0. The Morgan fingerprint density at radius 1 is 1.11 bits per heavy atom. The van der Waals surface area contributed by atoms with E-state index >= 15 is 4.39 Å². The molecule has 3 heterocycles. The van der Waals surface area contributed by atoms with Crippen LogP contribution in [-0.2, 0) is 6.54 Å². The van der Waals surface area contributed by atoms with Crippen LogP contribution in [0.3, 0.4) is 0 Å². The molecular weight excluding hydrogens is 460 g/mol. The molecule has 2 aromatic carbocycles. The quantitative estimate of drug-likeness (QED) is 0.313. The predicted molar refractivity (Wildman–Crippen MR) is 125 cm³/mol. The number of anilines is 1. The van der Waals surface area contributed by atoms with Gasteiger partial charge in [-0.25, -0.2) is 18.6 Å². The number of halogens is 2. The zero-order valence-corrected chi connectivity index (χ0v) is 18.1. The van der Waals surface area contributed by atoms with E-state index in [1.165, 1.54) is 42.0 Å². The number of aryl methyl sites for hydroxylation is 1. The van der Waals surface area contributed by atoms with Gasteiger partial charge in [0.25, 0.3) is 11.1 Å². The summed E-state index contributed by atoms with van der Waals surface area (Å²) in [5.41, 5.74) is 4.58. The fourth-order valence-electron chi connectivity index (χ4n) is 4.27. The van der Waals surface area contributed by atoms with Crippen molar-refractivity contribution in [3.63, 3.8) is 0 Å². The Labute approximate surface area is 194 Å². The molecule has 11 heteroatoms. The molecule has 9 nitrogen and oxygen atoms in total. The van der Waals surface area contributed by atoms with Gasteiger partial charge in [-0.05, 0) is 42.8 Å². The third-order valence-corrected chi connectivity index (χ3v) is 5.85. The summed E-state index contributed by atoms with van der Waals surface area (Å²) in [4.78, 5) is 46.1. The average Bonchev–Trinajstić information content (AvgIpc) is 3.08. The Kier molecular flexibility index (Phi) is 4.97. The molecule has 3 aromatic heterocycles. The van der Waals surface area contributed by atoms with Crippen LogP contribution >= 0.6 is 0 Å². The van der Waals surface area contributed by atoms with E-state index in [1.54, 1.807) is 0 Å². The molecular formula is C24H17F2N5O4. The molecule has 0 aliphatic rings. The standard InChI is InChI=1S/C24H17F2N5O4/c1-10-5-14-18(8-15(10)25)31(20(23(34)35)19(14)12-3-2-4-28-21(12)32)9-11-6-13-17(7-16(11)26)29-24(27)30-22(13)33/h2-8H,9H2,1H3,(H,28,32)(H,34,35)(H3,27,29,30,33). The molecule has 5 rings (SSSR count). The van der Waals surface area contributed by atoms with Crippen LogP contribution in [0.15, 0.2) is 52.2 Å². The minimum absolute atomic E-state index is 0.0292. The first kappa shape index (κ1) is 22.0. The highest BCUT2D eigenvalue weighted by atomic mass is 19.1. The third-order valence-electron chi connectivity index (χ3n) is 5.85. The SMILES string of the molecule is Cc1cc2c(-c3ccc[nH]c3=O)c(C(=O)O)n(Cc3cc4c(=O)[nH]c(N)nc4cc3F)c2cc1F. The van der Waals surface area contributed by atoms with Gasteiger partial charge in [0.15, 0.2) is 0 Å². The van der Waals surface area contributed by atoms with E-state index < -0.39 is 28.7 Å². The van der Waals surface area contributed by atoms with Crippen molar-refractivity contribution in [1.82, 2.24) is 19.5 Å². The fourth-order valence-corrected chi connectivity index (χ4v) is 4.27. The zero-order chi connectivity index (χ0) is 25.0. The minimum atomic E-state index is -1.40. The lowest BCUT2D eigenvalue weighted by Crippen LogP contribution is -2.15. The van der Waals surface area contributed by atoms with Crippen molar-refractivity contribution in [2.45, 2.75) is 13.5 Å². The molecule has 0 fully saturated rings. The lowest BCUT2D eigenvalue weighted by molar-refractivity contribution is 0.0687. The number of aromatic amines is 2. The van der Waals surface area contributed by atoms with Crippen LogP contribution in [0, 0.1) is 18.6 Å². The van der Waals surface area contributed by atoms with Gasteiger partial charge in [-0.2, -0.15) is 0 Å². The number of rotatable bonds is 4. The van der Waals surface area contributed by atoms with E-state index in [0.717, 1.165) is 12.1 Å². The summed E-state index contributed by atoms with van der Waals surface area (Å²) < 4.78 is 30.9. The molecule has 0 radical (unpaired) electrons. The fraction of sp³-hybridized carbons (Fsp3) is 0.0833. The number of aromatic nitrogens is 4. The first-order valence-corrected chi connectivity index (χ1v) is 10.4. The first-order valence-electron chi connectivity index (χ1n) is 10.4. The van der Waals surface area contributed by atoms with Crippen LogP contribution in [0.4, 0.5) is 14.7 Å². The Hall–Kier alpha value is -4.80. The molecule has 5 aromatic rings. The molecule has 0 saturated heterocycles. The van der Waals surface area contributed by atoms with Crippen LogP contribution in [-0.4, -0.2) is 30.6 Å². The van der Waals surface area contributed by atoms with Gasteiger partial charge >= 0.3 is 5.97 Å². The molecule has 0 aliphatic heterocycles. The molecule has 0 aliphatic carbocycles. The zero-order valence-electron chi connectivity index (χ0n) is 18.1. The van der Waals surface area contributed by atoms with Gasteiger partial charge in [-0.15, -0.1) is 0 Å². The maximum absolute atomic E-state index is 15.1. The highest BCUT2D eigenvalue weighted by Gasteiger charge is 2.27. The van der Waals surface area contributed by atoms with E-state index in [-0.39, 0.29) is 56.9 Å². The number of nitrogens with zero attached hydrogens (tertiary/aromatic N) is 2. The number of hydrogen-bond acceptors (Lipinski definition) is 5. The summed E-state index contributed by atoms with van der Waals surface area (Å²) in [6, 6.07) is 7.85. The lowest BCUT2D eigenvalue weighted by Gasteiger charge is -2.11. The highest BCUT2D eigenvalue weighted by Crippen LogP contribution is 2.36. The lowest BCUT2D eigenvalue weighted by atomic mass is 10.0. The van der Waals surface area contributed by atoms with Crippen LogP contribution in [0.2, 0.25) is 0 Å². The van der Waals surface area contributed by atoms with Crippen molar-refractivity contribution in [2.24, 2.45) is 0 Å². The minimum Gasteiger partial charge on any atom is -0.477 e. The number of carboxylic acid groups (broad SMARTS) is 1. The van der Waals surface area contributed by atoms with Crippen molar-refractivity contribution in [2.75, 3.05) is 5.73 Å². The maximum atomic E-state index is 15.1. The summed E-state index contributed by atoms with van der Waals surface area (Å²) in [7, 11) is 0. The first-order chi connectivity index (χ1) is 16.7. The molecule has 0 amide bonds. The number of benzene rings is 2. The van der Waals surface area contributed by atoms with Gasteiger partial charge in [0, 0.05) is 34.3 Å². The number of H-pyrrole nitrogens is 2. The number of hydrogen-bond donors (Lipinski definition) is 4. The topological polar surface area (TPSA) is 147 Å². The van der Waals surface area contributed by atoms with Gasteiger partial charge in [-0.1, -0.05) is 0 Å². The second-order valence-electron chi connectivity index (χ2n) is 8.06. The summed E-state index contributed by atoms with van der Waals surface area (Å²) in [6.45, 7) is 1.15. The summed E-state index contributed by atoms with van der Waals surface area (Å²) in [5, 5.41) is 10.5. The molecule has 5 N–H and O–H groups in total.